The molecule has 0 amide bonds. The molecule has 0 atom stereocenters. The summed E-state index contributed by atoms with van der Waals surface area (Å²) in [5.74, 6) is 0.579. The van der Waals surface area contributed by atoms with Crippen LogP contribution in [0, 0.1) is 6.92 Å². The molecule has 2 heterocycles. The molecule has 0 aliphatic rings. The van der Waals surface area contributed by atoms with Crippen LogP contribution < -0.4 is 15.0 Å². The lowest BCUT2D eigenvalue weighted by atomic mass is 10.1. The fourth-order valence-corrected chi connectivity index (χ4v) is 3.59. The van der Waals surface area contributed by atoms with Crippen LogP contribution in [0.1, 0.15) is 11.1 Å². The van der Waals surface area contributed by atoms with Crippen molar-refractivity contribution in [1.82, 2.24) is 14.6 Å². The Labute approximate surface area is 154 Å². The standard InChI is InChI=1S/C20H18N4OS/c1-13-4-8-15(9-5-13)18-21-20-24(22-18)19(25)17(26-20)12-14-6-10-16(11-7-14)23(2)3/h4-12H,1-3H3/b17-12-. The summed E-state index contributed by atoms with van der Waals surface area (Å²) in [7, 11) is 4.00. The van der Waals surface area contributed by atoms with Crippen LogP contribution in [0.2, 0.25) is 0 Å². The van der Waals surface area contributed by atoms with Gasteiger partial charge in [0.25, 0.3) is 5.56 Å². The molecule has 0 fully saturated rings. The highest BCUT2D eigenvalue weighted by atomic mass is 32.1. The highest BCUT2D eigenvalue weighted by Crippen LogP contribution is 2.17. The van der Waals surface area contributed by atoms with Gasteiger partial charge in [0.15, 0.2) is 5.82 Å². The number of benzene rings is 2. The van der Waals surface area contributed by atoms with Crippen molar-refractivity contribution in [3.05, 3.63) is 74.5 Å². The van der Waals surface area contributed by atoms with Crippen LogP contribution in [0.5, 0.6) is 0 Å². The SMILES string of the molecule is Cc1ccc(-c2nc3s/c(=C\c4ccc(N(C)C)cc4)c(=O)n3n2)cc1. The van der Waals surface area contributed by atoms with E-state index in [4.69, 9.17) is 0 Å². The average molecular weight is 362 g/mol. The first kappa shape index (κ1) is 16.5. The molecule has 4 aromatic rings. The van der Waals surface area contributed by atoms with Gasteiger partial charge >= 0.3 is 0 Å². The molecule has 2 aromatic carbocycles. The van der Waals surface area contributed by atoms with Crippen LogP contribution >= 0.6 is 11.3 Å². The molecule has 5 nitrogen and oxygen atoms in total. The zero-order chi connectivity index (χ0) is 18.3. The lowest BCUT2D eigenvalue weighted by molar-refractivity contribution is 0.937. The number of thiazole rings is 1. The monoisotopic (exact) mass is 362 g/mol. The molecular formula is C20H18N4OS. The van der Waals surface area contributed by atoms with E-state index in [1.807, 2.05) is 80.5 Å². The van der Waals surface area contributed by atoms with Crippen molar-refractivity contribution in [2.45, 2.75) is 6.92 Å². The number of fused-ring (bicyclic) bond motifs is 1. The molecule has 4 rings (SSSR count). The van der Waals surface area contributed by atoms with Gasteiger partial charge in [0.2, 0.25) is 4.96 Å². The Morgan fingerprint density at radius 2 is 1.73 bits per heavy atom. The van der Waals surface area contributed by atoms with Gasteiger partial charge in [-0.2, -0.15) is 9.50 Å². The first-order valence-electron chi connectivity index (χ1n) is 8.27. The molecule has 0 aliphatic heterocycles. The molecule has 0 aliphatic carbocycles. The lowest BCUT2D eigenvalue weighted by Gasteiger charge is -2.11. The van der Waals surface area contributed by atoms with E-state index in [1.54, 1.807) is 0 Å². The van der Waals surface area contributed by atoms with Gasteiger partial charge in [-0.25, -0.2) is 0 Å². The molecule has 0 N–H and O–H groups in total. The van der Waals surface area contributed by atoms with Crippen LogP contribution in [0.3, 0.4) is 0 Å². The predicted molar refractivity (Wildman–Crippen MR) is 107 cm³/mol. The Morgan fingerprint density at radius 3 is 2.35 bits per heavy atom. The van der Waals surface area contributed by atoms with Gasteiger partial charge in [0.1, 0.15) is 0 Å². The minimum Gasteiger partial charge on any atom is -0.378 e. The fourth-order valence-electron chi connectivity index (χ4n) is 2.68. The molecule has 0 radical (unpaired) electrons. The zero-order valence-electron chi connectivity index (χ0n) is 14.8. The van der Waals surface area contributed by atoms with Crippen molar-refractivity contribution >= 4 is 28.1 Å². The normalized spacial score (nSPS) is 12.0. The summed E-state index contributed by atoms with van der Waals surface area (Å²) >= 11 is 1.36. The molecule has 26 heavy (non-hydrogen) atoms. The van der Waals surface area contributed by atoms with Gasteiger partial charge in [0.05, 0.1) is 4.53 Å². The van der Waals surface area contributed by atoms with Crippen LogP contribution in [-0.4, -0.2) is 28.7 Å². The van der Waals surface area contributed by atoms with Gasteiger partial charge in [0, 0.05) is 25.3 Å². The molecule has 0 saturated carbocycles. The molecule has 130 valence electrons. The van der Waals surface area contributed by atoms with E-state index in [2.05, 4.69) is 10.1 Å². The predicted octanol–water partition coefficient (Wildman–Crippen LogP) is 2.74. The first-order valence-corrected chi connectivity index (χ1v) is 9.09. The van der Waals surface area contributed by atoms with Gasteiger partial charge in [-0.15, -0.1) is 5.10 Å². The van der Waals surface area contributed by atoms with E-state index >= 15 is 0 Å². The third kappa shape index (κ3) is 2.99. The van der Waals surface area contributed by atoms with E-state index < -0.39 is 0 Å². The molecular weight excluding hydrogens is 344 g/mol. The van der Waals surface area contributed by atoms with Crippen molar-refractivity contribution in [2.24, 2.45) is 0 Å². The summed E-state index contributed by atoms with van der Waals surface area (Å²) in [4.78, 5) is 19.8. The van der Waals surface area contributed by atoms with Crippen molar-refractivity contribution in [3.63, 3.8) is 0 Å². The second-order valence-electron chi connectivity index (χ2n) is 6.40. The topological polar surface area (TPSA) is 50.5 Å². The summed E-state index contributed by atoms with van der Waals surface area (Å²) in [6.45, 7) is 2.03. The molecule has 0 spiro atoms. The summed E-state index contributed by atoms with van der Waals surface area (Å²) in [5.41, 5.74) is 4.06. The molecule has 2 aromatic heterocycles. The van der Waals surface area contributed by atoms with Gasteiger partial charge < -0.3 is 4.90 Å². The number of hydrogen-bond acceptors (Lipinski definition) is 5. The molecule has 0 bridgehead atoms. The Bertz CT molecular complexity index is 1170. The second kappa shape index (κ2) is 6.38. The highest BCUT2D eigenvalue weighted by Gasteiger charge is 2.11. The average Bonchev–Trinajstić information content (AvgIpc) is 3.16. The smallest absolute Gasteiger partial charge is 0.291 e. The quantitative estimate of drug-likeness (QED) is 0.562. The summed E-state index contributed by atoms with van der Waals surface area (Å²) in [5, 5.41) is 4.39. The van der Waals surface area contributed by atoms with E-state index in [-0.39, 0.29) is 5.56 Å². The minimum atomic E-state index is -0.132. The Morgan fingerprint density at radius 1 is 1.04 bits per heavy atom. The Balaban J connectivity index is 1.73. The molecule has 0 unspecified atom stereocenters. The van der Waals surface area contributed by atoms with Gasteiger partial charge in [-0.1, -0.05) is 53.3 Å². The fraction of sp³-hybridized carbons (Fsp3) is 0.150. The second-order valence-corrected chi connectivity index (χ2v) is 7.41. The van der Waals surface area contributed by atoms with Crippen LogP contribution in [0.15, 0.2) is 53.3 Å². The molecule has 6 heteroatoms. The van der Waals surface area contributed by atoms with E-state index in [9.17, 15) is 4.79 Å². The Kier molecular flexibility index (Phi) is 4.05. The maximum atomic E-state index is 12.6. The number of anilines is 1. The van der Waals surface area contributed by atoms with Crippen LogP contribution in [-0.2, 0) is 0 Å². The first-order chi connectivity index (χ1) is 12.5. The van der Waals surface area contributed by atoms with Crippen molar-refractivity contribution in [2.75, 3.05) is 19.0 Å². The summed E-state index contributed by atoms with van der Waals surface area (Å²) < 4.78 is 2.02. The van der Waals surface area contributed by atoms with Gasteiger partial charge in [-0.3, -0.25) is 4.79 Å². The zero-order valence-corrected chi connectivity index (χ0v) is 15.6. The van der Waals surface area contributed by atoms with Crippen LogP contribution in [0.4, 0.5) is 5.69 Å². The molecule has 0 saturated heterocycles. The van der Waals surface area contributed by atoms with E-state index in [1.165, 1.54) is 21.4 Å². The number of hydrogen-bond donors (Lipinski definition) is 0. The Hall–Kier alpha value is -2.99. The van der Waals surface area contributed by atoms with E-state index in [0.717, 1.165) is 16.8 Å². The number of nitrogens with zero attached hydrogens (tertiary/aromatic N) is 4. The van der Waals surface area contributed by atoms with Crippen molar-refractivity contribution in [1.29, 1.82) is 0 Å². The lowest BCUT2D eigenvalue weighted by Crippen LogP contribution is -2.23. The number of rotatable bonds is 3. The largest absolute Gasteiger partial charge is 0.378 e. The number of aromatic nitrogens is 3. The summed E-state index contributed by atoms with van der Waals surface area (Å²) in [6.07, 6.45) is 1.88. The third-order valence-electron chi connectivity index (χ3n) is 4.20. The third-order valence-corrected chi connectivity index (χ3v) is 5.16. The summed E-state index contributed by atoms with van der Waals surface area (Å²) in [6, 6.07) is 16.0. The maximum absolute atomic E-state index is 12.6. The van der Waals surface area contributed by atoms with Crippen molar-refractivity contribution < 1.29 is 0 Å². The number of aryl methyl sites for hydroxylation is 1. The van der Waals surface area contributed by atoms with Gasteiger partial charge in [-0.05, 0) is 30.7 Å². The van der Waals surface area contributed by atoms with Crippen LogP contribution in [0.25, 0.3) is 22.4 Å². The maximum Gasteiger partial charge on any atom is 0.291 e. The van der Waals surface area contributed by atoms with Crippen molar-refractivity contribution in [3.8, 4) is 11.4 Å². The van der Waals surface area contributed by atoms with E-state index in [0.29, 0.717) is 15.3 Å². The highest BCUT2D eigenvalue weighted by molar-refractivity contribution is 7.15. The minimum absolute atomic E-state index is 0.132.